The molecule has 10 heteroatoms. The summed E-state index contributed by atoms with van der Waals surface area (Å²) in [6.45, 7) is 6.67. The number of piperidine rings is 1. The lowest BCUT2D eigenvalue weighted by atomic mass is 9.91. The molecule has 1 aliphatic heterocycles. The van der Waals surface area contributed by atoms with Gasteiger partial charge in [0.2, 0.25) is 0 Å². The van der Waals surface area contributed by atoms with Crippen LogP contribution in [0.3, 0.4) is 0 Å². The molecule has 0 aliphatic carbocycles. The van der Waals surface area contributed by atoms with Crippen molar-refractivity contribution in [3.05, 3.63) is 57.9 Å². The third-order valence-electron chi connectivity index (χ3n) is 4.83. The normalized spacial score (nSPS) is 14.9. The highest BCUT2D eigenvalue weighted by molar-refractivity contribution is 5.68. The maximum absolute atomic E-state index is 13.9. The van der Waals surface area contributed by atoms with Gasteiger partial charge in [-0.2, -0.15) is 0 Å². The van der Waals surface area contributed by atoms with Crippen molar-refractivity contribution in [1.29, 1.82) is 0 Å². The Morgan fingerprint density at radius 1 is 1.26 bits per heavy atom. The molecule has 0 radical (unpaired) electrons. The molecule has 1 fully saturated rings. The zero-order valence-electron chi connectivity index (χ0n) is 17.7. The van der Waals surface area contributed by atoms with Gasteiger partial charge >= 0.3 is 6.09 Å². The molecule has 3 rings (SSSR count). The smallest absolute Gasteiger partial charge is 0.410 e. The standard InChI is InChI=1S/C21H25FN4O5/c1-21(2,3)31-20(27)25-8-6-14(7-9-25)15-11-23-19(24-12-15)13-30-18-5-4-16(26(28)29)10-17(18)22/h4-5,10-12,14H,6-9,13H2,1-3H3. The molecule has 2 heterocycles. The highest BCUT2D eigenvalue weighted by atomic mass is 19.1. The van der Waals surface area contributed by atoms with E-state index in [1.165, 1.54) is 12.1 Å². The van der Waals surface area contributed by atoms with Gasteiger partial charge in [-0.1, -0.05) is 0 Å². The van der Waals surface area contributed by atoms with Gasteiger partial charge in [0.05, 0.1) is 11.0 Å². The van der Waals surface area contributed by atoms with Gasteiger partial charge in [0.15, 0.2) is 17.4 Å². The largest absolute Gasteiger partial charge is 0.483 e. The van der Waals surface area contributed by atoms with Crippen LogP contribution in [0, 0.1) is 15.9 Å². The highest BCUT2D eigenvalue weighted by Crippen LogP contribution is 2.28. The summed E-state index contributed by atoms with van der Waals surface area (Å²) in [6.07, 6.45) is 4.70. The van der Waals surface area contributed by atoms with Crippen molar-refractivity contribution in [3.8, 4) is 5.75 Å². The fourth-order valence-electron chi connectivity index (χ4n) is 3.23. The minimum absolute atomic E-state index is 0.0634. The molecule has 1 aliphatic rings. The van der Waals surface area contributed by atoms with E-state index in [1.54, 1.807) is 17.3 Å². The van der Waals surface area contributed by atoms with E-state index in [1.807, 2.05) is 20.8 Å². The first-order valence-electron chi connectivity index (χ1n) is 9.98. The lowest BCUT2D eigenvalue weighted by Gasteiger charge is -2.33. The Kier molecular flexibility index (Phi) is 6.67. The average Bonchev–Trinajstić information content (AvgIpc) is 2.72. The summed E-state index contributed by atoms with van der Waals surface area (Å²) in [6, 6.07) is 3.19. The van der Waals surface area contributed by atoms with Crippen molar-refractivity contribution < 1.29 is 23.6 Å². The zero-order chi connectivity index (χ0) is 22.6. The predicted molar refractivity (Wildman–Crippen MR) is 109 cm³/mol. The number of likely N-dealkylation sites (tertiary alicyclic amines) is 1. The van der Waals surface area contributed by atoms with E-state index in [0.717, 1.165) is 24.5 Å². The molecule has 0 N–H and O–H groups in total. The number of aromatic nitrogens is 2. The Labute approximate surface area is 179 Å². The summed E-state index contributed by atoms with van der Waals surface area (Å²) in [5, 5.41) is 10.7. The van der Waals surface area contributed by atoms with Crippen LogP contribution in [0.1, 0.15) is 50.9 Å². The zero-order valence-corrected chi connectivity index (χ0v) is 17.7. The van der Waals surface area contributed by atoms with Gasteiger partial charge in [0.1, 0.15) is 12.2 Å². The number of carbonyl (C=O) groups is 1. The van der Waals surface area contributed by atoms with Crippen LogP contribution in [-0.4, -0.2) is 44.6 Å². The van der Waals surface area contributed by atoms with Crippen LogP contribution in [0.5, 0.6) is 5.75 Å². The molecule has 0 saturated carbocycles. The first kappa shape index (κ1) is 22.4. The molecule has 1 aromatic heterocycles. The molecule has 1 saturated heterocycles. The van der Waals surface area contributed by atoms with Crippen LogP contribution in [-0.2, 0) is 11.3 Å². The lowest BCUT2D eigenvalue weighted by molar-refractivity contribution is -0.385. The number of nitro groups is 1. The van der Waals surface area contributed by atoms with Gasteiger partial charge in [-0.15, -0.1) is 0 Å². The third kappa shape index (κ3) is 6.09. The Morgan fingerprint density at radius 3 is 2.45 bits per heavy atom. The summed E-state index contributed by atoms with van der Waals surface area (Å²) in [5.41, 5.74) is 0.106. The summed E-state index contributed by atoms with van der Waals surface area (Å²) < 4.78 is 24.6. The molecule has 1 amide bonds. The number of non-ortho nitro benzene ring substituents is 1. The van der Waals surface area contributed by atoms with E-state index < -0.39 is 16.3 Å². The molecule has 166 valence electrons. The van der Waals surface area contributed by atoms with E-state index in [0.29, 0.717) is 18.9 Å². The van der Waals surface area contributed by atoms with E-state index >= 15 is 0 Å². The van der Waals surface area contributed by atoms with Crippen molar-refractivity contribution in [1.82, 2.24) is 14.9 Å². The van der Waals surface area contributed by atoms with Crippen molar-refractivity contribution in [3.63, 3.8) is 0 Å². The maximum atomic E-state index is 13.9. The Morgan fingerprint density at radius 2 is 1.90 bits per heavy atom. The van der Waals surface area contributed by atoms with Crippen molar-refractivity contribution in [2.75, 3.05) is 13.1 Å². The van der Waals surface area contributed by atoms with Crippen molar-refractivity contribution in [2.24, 2.45) is 0 Å². The number of carbonyl (C=O) groups excluding carboxylic acids is 1. The van der Waals surface area contributed by atoms with Gasteiger partial charge in [-0.25, -0.2) is 19.2 Å². The van der Waals surface area contributed by atoms with E-state index in [-0.39, 0.29) is 30.1 Å². The second kappa shape index (κ2) is 9.23. The van der Waals surface area contributed by atoms with Crippen LogP contribution in [0.15, 0.2) is 30.6 Å². The fourth-order valence-corrected chi connectivity index (χ4v) is 3.23. The molecule has 31 heavy (non-hydrogen) atoms. The van der Waals surface area contributed by atoms with Crippen LogP contribution in [0.25, 0.3) is 0 Å². The Hall–Kier alpha value is -3.30. The number of hydrogen-bond donors (Lipinski definition) is 0. The number of halogens is 1. The minimum Gasteiger partial charge on any atom is -0.483 e. The molecular formula is C21H25FN4O5. The summed E-state index contributed by atoms with van der Waals surface area (Å²) >= 11 is 0. The van der Waals surface area contributed by atoms with Gasteiger partial charge in [0.25, 0.3) is 5.69 Å². The van der Waals surface area contributed by atoms with Gasteiger partial charge < -0.3 is 14.4 Å². The number of ether oxygens (including phenoxy) is 2. The number of benzene rings is 1. The third-order valence-corrected chi connectivity index (χ3v) is 4.83. The predicted octanol–water partition coefficient (Wildman–Crippen LogP) is 4.22. The Bertz CT molecular complexity index is 938. The second-order valence-electron chi connectivity index (χ2n) is 8.33. The van der Waals surface area contributed by atoms with Gasteiger partial charge in [-0.05, 0) is 51.2 Å². The van der Waals surface area contributed by atoms with E-state index in [9.17, 15) is 19.3 Å². The van der Waals surface area contributed by atoms with E-state index in [2.05, 4.69) is 9.97 Å². The number of nitro benzene ring substituents is 1. The number of hydrogen-bond acceptors (Lipinski definition) is 7. The van der Waals surface area contributed by atoms with Gasteiger partial charge in [0, 0.05) is 31.5 Å². The molecule has 2 aromatic rings. The van der Waals surface area contributed by atoms with Crippen LogP contribution in [0.4, 0.5) is 14.9 Å². The van der Waals surface area contributed by atoms with Crippen molar-refractivity contribution >= 4 is 11.8 Å². The summed E-state index contributed by atoms with van der Waals surface area (Å²) in [7, 11) is 0. The quantitative estimate of drug-likeness (QED) is 0.514. The molecule has 1 aromatic carbocycles. The molecule has 0 spiro atoms. The number of amides is 1. The minimum atomic E-state index is -0.817. The first-order valence-corrected chi connectivity index (χ1v) is 9.98. The summed E-state index contributed by atoms with van der Waals surface area (Å²) in [5.74, 6) is -0.316. The monoisotopic (exact) mass is 432 g/mol. The fraction of sp³-hybridized carbons (Fsp3) is 0.476. The lowest BCUT2D eigenvalue weighted by Crippen LogP contribution is -2.41. The molecule has 0 bridgehead atoms. The van der Waals surface area contributed by atoms with Crippen LogP contribution < -0.4 is 4.74 Å². The van der Waals surface area contributed by atoms with E-state index in [4.69, 9.17) is 9.47 Å². The molecule has 0 atom stereocenters. The van der Waals surface area contributed by atoms with Crippen LogP contribution in [0.2, 0.25) is 0 Å². The average molecular weight is 432 g/mol. The number of rotatable bonds is 5. The number of nitrogens with zero attached hydrogens (tertiary/aromatic N) is 4. The van der Waals surface area contributed by atoms with Crippen molar-refractivity contribution in [2.45, 2.75) is 51.7 Å². The second-order valence-corrected chi connectivity index (χ2v) is 8.33. The summed E-state index contributed by atoms with van der Waals surface area (Å²) in [4.78, 5) is 32.4. The molecule has 0 unspecified atom stereocenters. The SMILES string of the molecule is CC(C)(C)OC(=O)N1CCC(c2cnc(COc3ccc([N+](=O)[O-])cc3F)nc2)CC1. The molecular weight excluding hydrogens is 407 g/mol. The van der Waals surface area contributed by atoms with Crippen LogP contribution >= 0.6 is 0 Å². The highest BCUT2D eigenvalue weighted by Gasteiger charge is 2.27. The topological polar surface area (TPSA) is 108 Å². The molecule has 9 nitrogen and oxygen atoms in total. The maximum Gasteiger partial charge on any atom is 0.410 e. The Balaban J connectivity index is 1.52. The first-order chi connectivity index (χ1) is 14.6. The van der Waals surface area contributed by atoms with Gasteiger partial charge in [-0.3, -0.25) is 10.1 Å².